The molecule has 0 atom stereocenters. The molecule has 1 nitrogen and oxygen atoms in total. The molecule has 1 aromatic carbocycles. The second kappa shape index (κ2) is 5.01. The summed E-state index contributed by atoms with van der Waals surface area (Å²) < 4.78 is 1.19. The largest absolute Gasteiger partial charge is 0.382 e. The maximum absolute atomic E-state index is 3.70. The van der Waals surface area contributed by atoms with Crippen molar-refractivity contribution in [2.45, 2.75) is 52.5 Å². The van der Waals surface area contributed by atoms with E-state index in [-0.39, 0.29) is 0 Å². The molecule has 0 radical (unpaired) electrons. The average Bonchev–Trinajstić information content (AvgIpc) is 2.27. The summed E-state index contributed by atoms with van der Waals surface area (Å²) in [4.78, 5) is 0. The normalized spacial score (nSPS) is 20.2. The highest BCUT2D eigenvalue weighted by Crippen LogP contribution is 2.36. The fraction of sp³-hybridized carbons (Fsp3) is 0.600. The summed E-state index contributed by atoms with van der Waals surface area (Å²) in [5, 5.41) is 3.70. The first-order valence-electron chi connectivity index (χ1n) is 6.50. The standard InChI is InChI=1S/C15H22BrN/c1-11-13(16)5-4-6-14(11)17-12-7-9-15(2,3)10-8-12/h4-6,12,17H,7-10H2,1-3H3. The van der Waals surface area contributed by atoms with E-state index in [1.54, 1.807) is 0 Å². The lowest BCUT2D eigenvalue weighted by atomic mass is 9.75. The first-order valence-corrected chi connectivity index (χ1v) is 7.29. The molecule has 0 aliphatic heterocycles. The highest BCUT2D eigenvalue weighted by Gasteiger charge is 2.26. The van der Waals surface area contributed by atoms with Crippen molar-refractivity contribution in [3.63, 3.8) is 0 Å². The first kappa shape index (κ1) is 12.9. The van der Waals surface area contributed by atoms with Crippen molar-refractivity contribution in [3.8, 4) is 0 Å². The Morgan fingerprint density at radius 3 is 2.53 bits per heavy atom. The van der Waals surface area contributed by atoms with E-state index in [9.17, 15) is 0 Å². The molecule has 17 heavy (non-hydrogen) atoms. The van der Waals surface area contributed by atoms with Crippen LogP contribution >= 0.6 is 15.9 Å². The Balaban J connectivity index is 2.00. The average molecular weight is 296 g/mol. The van der Waals surface area contributed by atoms with Crippen LogP contribution in [-0.2, 0) is 0 Å². The van der Waals surface area contributed by atoms with E-state index in [1.165, 1.54) is 41.4 Å². The van der Waals surface area contributed by atoms with E-state index in [0.29, 0.717) is 11.5 Å². The summed E-state index contributed by atoms with van der Waals surface area (Å²) in [6, 6.07) is 7.03. The number of hydrogen-bond donors (Lipinski definition) is 1. The van der Waals surface area contributed by atoms with Gasteiger partial charge in [-0.3, -0.25) is 0 Å². The van der Waals surface area contributed by atoms with Crippen LogP contribution in [0.15, 0.2) is 22.7 Å². The van der Waals surface area contributed by atoms with E-state index in [4.69, 9.17) is 0 Å². The first-order chi connectivity index (χ1) is 7.98. The zero-order chi connectivity index (χ0) is 12.5. The lowest BCUT2D eigenvalue weighted by molar-refractivity contribution is 0.232. The van der Waals surface area contributed by atoms with Gasteiger partial charge >= 0.3 is 0 Å². The molecule has 0 heterocycles. The van der Waals surface area contributed by atoms with Gasteiger partial charge in [-0.2, -0.15) is 0 Å². The smallest absolute Gasteiger partial charge is 0.0383 e. The number of rotatable bonds is 2. The summed E-state index contributed by atoms with van der Waals surface area (Å²) in [5.74, 6) is 0. The zero-order valence-corrected chi connectivity index (χ0v) is 12.6. The number of benzene rings is 1. The Kier molecular flexibility index (Phi) is 3.82. The van der Waals surface area contributed by atoms with Crippen LogP contribution < -0.4 is 5.32 Å². The van der Waals surface area contributed by atoms with Crippen LogP contribution in [0.1, 0.15) is 45.1 Å². The van der Waals surface area contributed by atoms with Crippen LogP contribution in [0.2, 0.25) is 0 Å². The molecular formula is C15H22BrN. The molecular weight excluding hydrogens is 274 g/mol. The van der Waals surface area contributed by atoms with Crippen molar-refractivity contribution in [1.82, 2.24) is 0 Å². The highest BCUT2D eigenvalue weighted by molar-refractivity contribution is 9.10. The lowest BCUT2D eigenvalue weighted by Crippen LogP contribution is -2.30. The Labute approximate surface area is 113 Å². The van der Waals surface area contributed by atoms with E-state index >= 15 is 0 Å². The molecule has 1 saturated carbocycles. The molecule has 0 amide bonds. The SMILES string of the molecule is Cc1c(Br)cccc1NC1CCC(C)(C)CC1. The van der Waals surface area contributed by atoms with Gasteiger partial charge in [0, 0.05) is 16.2 Å². The molecule has 0 bridgehead atoms. The molecule has 0 unspecified atom stereocenters. The van der Waals surface area contributed by atoms with Gasteiger partial charge < -0.3 is 5.32 Å². The van der Waals surface area contributed by atoms with Crippen LogP contribution in [-0.4, -0.2) is 6.04 Å². The van der Waals surface area contributed by atoms with Gasteiger partial charge in [0.15, 0.2) is 0 Å². The summed E-state index contributed by atoms with van der Waals surface area (Å²) in [7, 11) is 0. The Morgan fingerprint density at radius 1 is 1.24 bits per heavy atom. The van der Waals surface area contributed by atoms with E-state index in [1.807, 2.05) is 0 Å². The molecule has 1 aliphatic rings. The van der Waals surface area contributed by atoms with Gasteiger partial charge in [-0.15, -0.1) is 0 Å². The fourth-order valence-corrected chi connectivity index (χ4v) is 2.89. The minimum absolute atomic E-state index is 0.546. The topological polar surface area (TPSA) is 12.0 Å². The third-order valence-electron chi connectivity index (χ3n) is 3.97. The second-order valence-electron chi connectivity index (χ2n) is 6.00. The van der Waals surface area contributed by atoms with Crippen molar-refractivity contribution < 1.29 is 0 Å². The van der Waals surface area contributed by atoms with Gasteiger partial charge in [-0.05, 0) is 55.7 Å². The van der Waals surface area contributed by atoms with Crippen LogP contribution in [0.4, 0.5) is 5.69 Å². The maximum atomic E-state index is 3.70. The fourth-order valence-electron chi connectivity index (χ4n) is 2.53. The molecule has 2 heteroatoms. The van der Waals surface area contributed by atoms with Crippen LogP contribution in [0, 0.1) is 12.3 Å². The van der Waals surface area contributed by atoms with Gasteiger partial charge in [-0.1, -0.05) is 35.8 Å². The predicted molar refractivity (Wildman–Crippen MR) is 78.5 cm³/mol. The number of halogens is 1. The molecule has 0 aromatic heterocycles. The Morgan fingerprint density at radius 2 is 1.88 bits per heavy atom. The molecule has 1 N–H and O–H groups in total. The van der Waals surface area contributed by atoms with Crippen molar-refractivity contribution in [2.24, 2.45) is 5.41 Å². The molecule has 1 fully saturated rings. The number of anilines is 1. The summed E-state index contributed by atoms with van der Waals surface area (Å²) in [6.07, 6.45) is 5.24. The molecule has 0 spiro atoms. The summed E-state index contributed by atoms with van der Waals surface area (Å²) in [6.45, 7) is 6.93. The van der Waals surface area contributed by atoms with Crippen molar-refractivity contribution in [3.05, 3.63) is 28.2 Å². The van der Waals surface area contributed by atoms with Gasteiger partial charge in [0.05, 0.1) is 0 Å². The van der Waals surface area contributed by atoms with Gasteiger partial charge in [0.25, 0.3) is 0 Å². The summed E-state index contributed by atoms with van der Waals surface area (Å²) >= 11 is 3.59. The number of hydrogen-bond acceptors (Lipinski definition) is 1. The maximum Gasteiger partial charge on any atom is 0.0383 e. The van der Waals surface area contributed by atoms with Crippen LogP contribution in [0.25, 0.3) is 0 Å². The van der Waals surface area contributed by atoms with Gasteiger partial charge in [0.2, 0.25) is 0 Å². The van der Waals surface area contributed by atoms with Crippen molar-refractivity contribution >= 4 is 21.6 Å². The molecule has 1 aromatic rings. The third-order valence-corrected chi connectivity index (χ3v) is 4.83. The van der Waals surface area contributed by atoms with Gasteiger partial charge in [0.1, 0.15) is 0 Å². The lowest BCUT2D eigenvalue weighted by Gasteiger charge is -2.35. The zero-order valence-electron chi connectivity index (χ0n) is 11.0. The quantitative estimate of drug-likeness (QED) is 0.797. The van der Waals surface area contributed by atoms with E-state index in [2.05, 4.69) is 60.2 Å². The second-order valence-corrected chi connectivity index (χ2v) is 6.85. The molecule has 94 valence electrons. The van der Waals surface area contributed by atoms with E-state index < -0.39 is 0 Å². The molecule has 0 saturated heterocycles. The van der Waals surface area contributed by atoms with Crippen LogP contribution in [0.3, 0.4) is 0 Å². The van der Waals surface area contributed by atoms with E-state index in [0.717, 1.165) is 0 Å². The Bertz CT molecular complexity index is 388. The summed E-state index contributed by atoms with van der Waals surface area (Å²) in [5.41, 5.74) is 3.14. The monoisotopic (exact) mass is 295 g/mol. The Hall–Kier alpha value is -0.500. The highest BCUT2D eigenvalue weighted by atomic mass is 79.9. The predicted octanol–water partition coefficient (Wildman–Crippen LogP) is 5.14. The minimum Gasteiger partial charge on any atom is -0.382 e. The molecule has 2 rings (SSSR count). The minimum atomic E-state index is 0.546. The van der Waals surface area contributed by atoms with Crippen molar-refractivity contribution in [2.75, 3.05) is 5.32 Å². The molecule has 1 aliphatic carbocycles. The van der Waals surface area contributed by atoms with Gasteiger partial charge in [-0.25, -0.2) is 0 Å². The van der Waals surface area contributed by atoms with Crippen LogP contribution in [0.5, 0.6) is 0 Å². The number of nitrogens with one attached hydrogen (secondary N) is 1. The van der Waals surface area contributed by atoms with Crippen molar-refractivity contribution in [1.29, 1.82) is 0 Å². The third kappa shape index (κ3) is 3.25.